The second-order valence-corrected chi connectivity index (χ2v) is 5.58. The summed E-state index contributed by atoms with van der Waals surface area (Å²) in [6.45, 7) is 0.587. The number of nitrogens with two attached hydrogens (primary N) is 1. The predicted octanol–water partition coefficient (Wildman–Crippen LogP) is 3.48. The highest BCUT2D eigenvalue weighted by Gasteiger charge is 2.27. The van der Waals surface area contributed by atoms with Crippen molar-refractivity contribution in [2.45, 2.75) is 31.3 Å². The molecule has 0 aromatic heterocycles. The number of halogens is 2. The van der Waals surface area contributed by atoms with Crippen LogP contribution in [0, 0.1) is 0 Å². The highest BCUT2D eigenvalue weighted by atomic mass is 35.5. The van der Waals surface area contributed by atoms with E-state index >= 15 is 0 Å². The van der Waals surface area contributed by atoms with E-state index < -0.39 is 0 Å². The first-order valence-corrected chi connectivity index (χ1v) is 6.75. The molecule has 1 fully saturated rings. The van der Waals surface area contributed by atoms with E-state index in [0.29, 0.717) is 22.6 Å². The molecule has 1 unspecified atom stereocenters. The van der Waals surface area contributed by atoms with Crippen molar-refractivity contribution in [3.8, 4) is 0 Å². The molecule has 0 radical (unpaired) electrons. The van der Waals surface area contributed by atoms with Crippen molar-refractivity contribution in [3.05, 3.63) is 33.8 Å². The molecular weight excluding hydrogens is 255 g/mol. The first kappa shape index (κ1) is 13.2. The van der Waals surface area contributed by atoms with Crippen LogP contribution in [0.5, 0.6) is 0 Å². The molecule has 2 nitrogen and oxygen atoms in total. The Labute approximate surface area is 113 Å². The van der Waals surface area contributed by atoms with Crippen LogP contribution in [0.3, 0.4) is 0 Å². The van der Waals surface area contributed by atoms with Gasteiger partial charge in [0.15, 0.2) is 0 Å². The SMILES string of the molecule is CN(C1CCC1)C(CN)c1cc(Cl)cc(Cl)c1. The van der Waals surface area contributed by atoms with Crippen molar-refractivity contribution in [2.24, 2.45) is 5.73 Å². The molecule has 0 spiro atoms. The van der Waals surface area contributed by atoms with Gasteiger partial charge in [-0.05, 0) is 43.7 Å². The smallest absolute Gasteiger partial charge is 0.0471 e. The van der Waals surface area contributed by atoms with Gasteiger partial charge in [0.1, 0.15) is 0 Å². The van der Waals surface area contributed by atoms with E-state index in [1.807, 2.05) is 12.1 Å². The lowest BCUT2D eigenvalue weighted by molar-refractivity contribution is 0.113. The summed E-state index contributed by atoms with van der Waals surface area (Å²) >= 11 is 12.1. The zero-order valence-corrected chi connectivity index (χ0v) is 11.5. The Morgan fingerprint density at radius 2 is 1.88 bits per heavy atom. The molecule has 1 aliphatic carbocycles. The lowest BCUT2D eigenvalue weighted by Crippen LogP contribution is -2.42. The van der Waals surface area contributed by atoms with E-state index in [9.17, 15) is 0 Å². The van der Waals surface area contributed by atoms with Gasteiger partial charge in [0.25, 0.3) is 0 Å². The van der Waals surface area contributed by atoms with Crippen LogP contribution in [0.2, 0.25) is 10.0 Å². The molecule has 0 bridgehead atoms. The van der Waals surface area contributed by atoms with Gasteiger partial charge < -0.3 is 5.73 Å². The Kier molecular flexibility index (Phi) is 4.31. The van der Waals surface area contributed by atoms with Crippen LogP contribution in [0.1, 0.15) is 30.9 Å². The van der Waals surface area contributed by atoms with Gasteiger partial charge in [0.05, 0.1) is 0 Å². The summed E-state index contributed by atoms with van der Waals surface area (Å²) in [5, 5.41) is 1.35. The number of rotatable bonds is 4. The number of likely N-dealkylation sites (N-methyl/N-ethyl adjacent to an activating group) is 1. The van der Waals surface area contributed by atoms with Crippen LogP contribution in [0.15, 0.2) is 18.2 Å². The van der Waals surface area contributed by atoms with E-state index in [1.165, 1.54) is 19.3 Å². The summed E-state index contributed by atoms with van der Waals surface area (Å²) in [5.74, 6) is 0. The standard InChI is InChI=1S/C13H18Cl2N2/c1-17(12-3-2-4-12)13(8-16)9-5-10(14)7-11(15)6-9/h5-7,12-13H,2-4,8,16H2,1H3. The molecule has 2 rings (SSSR count). The highest BCUT2D eigenvalue weighted by molar-refractivity contribution is 6.34. The van der Waals surface area contributed by atoms with Crippen molar-refractivity contribution < 1.29 is 0 Å². The molecule has 1 aromatic rings. The minimum absolute atomic E-state index is 0.205. The van der Waals surface area contributed by atoms with Gasteiger partial charge in [0.2, 0.25) is 0 Å². The monoisotopic (exact) mass is 272 g/mol. The third-order valence-corrected chi connectivity index (χ3v) is 4.07. The summed E-state index contributed by atoms with van der Waals surface area (Å²) < 4.78 is 0. The maximum Gasteiger partial charge on any atom is 0.0471 e. The number of benzene rings is 1. The fourth-order valence-corrected chi connectivity index (χ4v) is 2.90. The Hall–Kier alpha value is -0.280. The average molecular weight is 273 g/mol. The Balaban J connectivity index is 2.21. The number of nitrogens with zero attached hydrogens (tertiary/aromatic N) is 1. The summed E-state index contributed by atoms with van der Waals surface area (Å²) in [4.78, 5) is 2.35. The van der Waals surface area contributed by atoms with Gasteiger partial charge in [-0.25, -0.2) is 0 Å². The third-order valence-electron chi connectivity index (χ3n) is 3.64. The zero-order chi connectivity index (χ0) is 12.4. The van der Waals surface area contributed by atoms with Gasteiger partial charge in [-0.2, -0.15) is 0 Å². The zero-order valence-electron chi connectivity index (χ0n) is 10.00. The lowest BCUT2D eigenvalue weighted by Gasteiger charge is -2.40. The van der Waals surface area contributed by atoms with Crippen LogP contribution < -0.4 is 5.73 Å². The second kappa shape index (κ2) is 5.57. The molecule has 0 heterocycles. The number of hydrogen-bond donors (Lipinski definition) is 1. The summed E-state index contributed by atoms with van der Waals surface area (Å²) in [7, 11) is 2.14. The Bertz CT molecular complexity index is 371. The molecule has 1 saturated carbocycles. The molecule has 1 aromatic carbocycles. The normalized spacial score (nSPS) is 18.2. The van der Waals surface area contributed by atoms with E-state index in [0.717, 1.165) is 5.56 Å². The number of hydrogen-bond acceptors (Lipinski definition) is 2. The minimum Gasteiger partial charge on any atom is -0.329 e. The molecular formula is C13H18Cl2N2. The topological polar surface area (TPSA) is 29.3 Å². The lowest BCUT2D eigenvalue weighted by atomic mass is 9.89. The van der Waals surface area contributed by atoms with Gasteiger partial charge in [-0.15, -0.1) is 0 Å². The molecule has 17 heavy (non-hydrogen) atoms. The maximum absolute atomic E-state index is 6.04. The van der Waals surface area contributed by atoms with Crippen LogP contribution in [0.25, 0.3) is 0 Å². The van der Waals surface area contributed by atoms with E-state index in [1.54, 1.807) is 6.07 Å². The fourth-order valence-electron chi connectivity index (χ4n) is 2.35. The van der Waals surface area contributed by atoms with E-state index in [4.69, 9.17) is 28.9 Å². The third kappa shape index (κ3) is 2.94. The molecule has 2 N–H and O–H groups in total. The molecule has 0 amide bonds. The van der Waals surface area contributed by atoms with Gasteiger partial charge >= 0.3 is 0 Å². The van der Waals surface area contributed by atoms with E-state index in [2.05, 4.69) is 11.9 Å². The summed E-state index contributed by atoms with van der Waals surface area (Å²) in [5.41, 5.74) is 7.01. The van der Waals surface area contributed by atoms with Crippen molar-refractivity contribution in [1.82, 2.24) is 4.90 Å². The van der Waals surface area contributed by atoms with Crippen molar-refractivity contribution in [1.29, 1.82) is 0 Å². The highest BCUT2D eigenvalue weighted by Crippen LogP contribution is 2.32. The maximum atomic E-state index is 6.04. The van der Waals surface area contributed by atoms with Crippen molar-refractivity contribution in [2.75, 3.05) is 13.6 Å². The average Bonchev–Trinajstić information content (AvgIpc) is 2.14. The first-order chi connectivity index (χ1) is 8.11. The van der Waals surface area contributed by atoms with Gasteiger partial charge in [0, 0.05) is 28.7 Å². The largest absolute Gasteiger partial charge is 0.329 e. The molecule has 4 heteroatoms. The summed E-state index contributed by atoms with van der Waals surface area (Å²) in [6, 6.07) is 6.53. The van der Waals surface area contributed by atoms with Gasteiger partial charge in [-0.3, -0.25) is 4.90 Å². The molecule has 1 aliphatic rings. The predicted molar refractivity (Wildman–Crippen MR) is 73.7 cm³/mol. The molecule has 1 atom stereocenters. The van der Waals surface area contributed by atoms with E-state index in [-0.39, 0.29) is 6.04 Å². The Morgan fingerprint density at radius 1 is 1.29 bits per heavy atom. The molecule has 94 valence electrons. The second-order valence-electron chi connectivity index (χ2n) is 4.70. The molecule has 0 aliphatic heterocycles. The quantitative estimate of drug-likeness (QED) is 0.910. The minimum atomic E-state index is 0.205. The molecule has 0 saturated heterocycles. The first-order valence-electron chi connectivity index (χ1n) is 6.00. The van der Waals surface area contributed by atoms with Crippen LogP contribution in [-0.4, -0.2) is 24.5 Å². The van der Waals surface area contributed by atoms with Crippen molar-refractivity contribution >= 4 is 23.2 Å². The fraction of sp³-hybridized carbons (Fsp3) is 0.538. The van der Waals surface area contributed by atoms with Crippen LogP contribution >= 0.6 is 23.2 Å². The Morgan fingerprint density at radius 3 is 2.29 bits per heavy atom. The van der Waals surface area contributed by atoms with Gasteiger partial charge in [-0.1, -0.05) is 29.6 Å². The summed E-state index contributed by atoms with van der Waals surface area (Å²) in [6.07, 6.45) is 3.85. The van der Waals surface area contributed by atoms with Crippen molar-refractivity contribution in [3.63, 3.8) is 0 Å². The van der Waals surface area contributed by atoms with Crippen LogP contribution in [0.4, 0.5) is 0 Å². The van der Waals surface area contributed by atoms with Crippen LogP contribution in [-0.2, 0) is 0 Å².